The van der Waals surface area contributed by atoms with Crippen LogP contribution in [0, 0.1) is 11.7 Å². The van der Waals surface area contributed by atoms with E-state index in [4.69, 9.17) is 0 Å². The van der Waals surface area contributed by atoms with E-state index in [2.05, 4.69) is 27.5 Å². The molecule has 0 bridgehead atoms. The van der Waals surface area contributed by atoms with Crippen LogP contribution in [-0.2, 0) is 0 Å². The van der Waals surface area contributed by atoms with Gasteiger partial charge in [0, 0.05) is 12.6 Å². The first-order valence-corrected chi connectivity index (χ1v) is 5.77. The minimum atomic E-state index is -0.386. The molecular weight excluding hydrogens is 207 g/mol. The Balaban J connectivity index is 2.04. The van der Waals surface area contributed by atoms with Crippen molar-refractivity contribution in [2.24, 2.45) is 5.92 Å². The zero-order valence-electron chi connectivity index (χ0n) is 9.63. The summed E-state index contributed by atoms with van der Waals surface area (Å²) in [5, 5.41) is 6.08. The van der Waals surface area contributed by atoms with Gasteiger partial charge in [0.1, 0.15) is 0 Å². The molecule has 2 N–H and O–H groups in total. The summed E-state index contributed by atoms with van der Waals surface area (Å²) in [4.78, 5) is 7.96. The lowest BCUT2D eigenvalue weighted by Crippen LogP contribution is -2.11. The molecule has 1 heterocycles. The van der Waals surface area contributed by atoms with Gasteiger partial charge in [-0.1, -0.05) is 13.3 Å². The topological polar surface area (TPSA) is 49.8 Å². The highest BCUT2D eigenvalue weighted by Crippen LogP contribution is 2.36. The van der Waals surface area contributed by atoms with E-state index in [0.29, 0.717) is 23.7 Å². The molecule has 88 valence electrons. The Morgan fingerprint density at radius 3 is 2.94 bits per heavy atom. The number of nitrogens with one attached hydrogen (secondary N) is 2. The van der Waals surface area contributed by atoms with Crippen LogP contribution in [0.3, 0.4) is 0 Å². The molecular formula is C11H17FN4. The summed E-state index contributed by atoms with van der Waals surface area (Å²) in [6.45, 7) is 4.83. The third kappa shape index (κ3) is 2.40. The zero-order chi connectivity index (χ0) is 11.5. The largest absolute Gasteiger partial charge is 0.364 e. The average Bonchev–Trinajstić information content (AvgIpc) is 3.02. The van der Waals surface area contributed by atoms with Crippen molar-refractivity contribution in [1.82, 2.24) is 9.97 Å². The van der Waals surface area contributed by atoms with E-state index in [-0.39, 0.29) is 5.82 Å². The Bertz CT molecular complexity index is 369. The lowest BCUT2D eigenvalue weighted by molar-refractivity contribution is 0.616. The van der Waals surface area contributed by atoms with E-state index in [9.17, 15) is 4.39 Å². The van der Waals surface area contributed by atoms with E-state index < -0.39 is 0 Å². The number of rotatable bonds is 5. The Kier molecular flexibility index (Phi) is 3.22. The van der Waals surface area contributed by atoms with Crippen molar-refractivity contribution in [2.45, 2.75) is 32.7 Å². The van der Waals surface area contributed by atoms with E-state index in [1.54, 1.807) is 0 Å². The summed E-state index contributed by atoms with van der Waals surface area (Å²) in [5.74, 6) is 1.06. The molecule has 2 rings (SSSR count). The molecule has 5 heteroatoms. The van der Waals surface area contributed by atoms with Gasteiger partial charge >= 0.3 is 0 Å². The number of aromatic nitrogens is 2. The summed E-state index contributed by atoms with van der Waals surface area (Å²) >= 11 is 0. The zero-order valence-corrected chi connectivity index (χ0v) is 9.63. The molecule has 0 amide bonds. The van der Waals surface area contributed by atoms with Crippen molar-refractivity contribution in [1.29, 1.82) is 0 Å². The van der Waals surface area contributed by atoms with Gasteiger partial charge in [-0.05, 0) is 19.3 Å². The molecule has 0 aromatic carbocycles. The normalized spacial score (nSPS) is 22.9. The van der Waals surface area contributed by atoms with Crippen LogP contribution in [0.2, 0.25) is 0 Å². The van der Waals surface area contributed by atoms with Gasteiger partial charge in [0.2, 0.25) is 5.95 Å². The van der Waals surface area contributed by atoms with E-state index >= 15 is 0 Å². The lowest BCUT2D eigenvalue weighted by atomic mass is 10.3. The number of hydrogen-bond donors (Lipinski definition) is 2. The van der Waals surface area contributed by atoms with Crippen LogP contribution >= 0.6 is 0 Å². The van der Waals surface area contributed by atoms with Crippen LogP contribution < -0.4 is 10.6 Å². The summed E-state index contributed by atoms with van der Waals surface area (Å²) in [6.07, 6.45) is 3.44. The maximum absolute atomic E-state index is 13.4. The van der Waals surface area contributed by atoms with Crippen LogP contribution in [0.5, 0.6) is 0 Å². The molecule has 16 heavy (non-hydrogen) atoms. The second-order valence-corrected chi connectivity index (χ2v) is 4.08. The molecule has 1 aliphatic rings. The van der Waals surface area contributed by atoms with Crippen molar-refractivity contribution in [3.8, 4) is 0 Å². The van der Waals surface area contributed by atoms with Crippen molar-refractivity contribution in [3.05, 3.63) is 12.0 Å². The number of hydrogen-bond acceptors (Lipinski definition) is 4. The molecule has 2 unspecified atom stereocenters. The van der Waals surface area contributed by atoms with Crippen LogP contribution in [0.15, 0.2) is 6.20 Å². The molecule has 0 saturated heterocycles. The predicted octanol–water partition coefficient (Wildman–Crippen LogP) is 2.26. The summed E-state index contributed by atoms with van der Waals surface area (Å²) in [7, 11) is 0. The molecule has 0 spiro atoms. The van der Waals surface area contributed by atoms with Gasteiger partial charge in [0.05, 0.1) is 6.20 Å². The van der Waals surface area contributed by atoms with Gasteiger partial charge in [-0.3, -0.25) is 0 Å². The molecule has 1 saturated carbocycles. The first-order valence-electron chi connectivity index (χ1n) is 5.77. The lowest BCUT2D eigenvalue weighted by Gasteiger charge is -2.07. The van der Waals surface area contributed by atoms with Gasteiger partial charge in [-0.2, -0.15) is 4.98 Å². The minimum Gasteiger partial charge on any atom is -0.364 e. The van der Waals surface area contributed by atoms with Crippen LogP contribution in [0.4, 0.5) is 16.2 Å². The third-order valence-electron chi connectivity index (χ3n) is 2.85. The van der Waals surface area contributed by atoms with Gasteiger partial charge < -0.3 is 10.6 Å². The van der Waals surface area contributed by atoms with Crippen LogP contribution in [-0.4, -0.2) is 22.6 Å². The average molecular weight is 224 g/mol. The first kappa shape index (κ1) is 11.1. The fraction of sp³-hybridized carbons (Fsp3) is 0.636. The van der Waals surface area contributed by atoms with Crippen LogP contribution in [0.25, 0.3) is 0 Å². The Morgan fingerprint density at radius 1 is 1.50 bits per heavy atom. The molecule has 1 fully saturated rings. The van der Waals surface area contributed by atoms with E-state index in [0.717, 1.165) is 19.4 Å². The summed E-state index contributed by atoms with van der Waals surface area (Å²) in [5.41, 5.74) is 0. The van der Waals surface area contributed by atoms with Crippen LogP contribution in [0.1, 0.15) is 26.7 Å². The third-order valence-corrected chi connectivity index (χ3v) is 2.85. The fourth-order valence-electron chi connectivity index (χ4n) is 1.76. The standard InChI is InChI=1S/C11H17FN4/c1-3-7-5-9(7)15-10-8(12)6-14-11(16-10)13-4-2/h6-7,9H,3-5H2,1-2H3,(H2,13,14,15,16). The van der Waals surface area contributed by atoms with Crippen molar-refractivity contribution in [3.63, 3.8) is 0 Å². The molecule has 1 aromatic heterocycles. The van der Waals surface area contributed by atoms with E-state index in [1.807, 2.05) is 6.92 Å². The molecule has 0 radical (unpaired) electrons. The molecule has 1 aliphatic carbocycles. The maximum Gasteiger partial charge on any atom is 0.224 e. The smallest absolute Gasteiger partial charge is 0.224 e. The molecule has 4 nitrogen and oxygen atoms in total. The van der Waals surface area contributed by atoms with E-state index in [1.165, 1.54) is 6.20 Å². The monoisotopic (exact) mass is 224 g/mol. The summed E-state index contributed by atoms with van der Waals surface area (Å²) in [6, 6.07) is 0.379. The highest BCUT2D eigenvalue weighted by Gasteiger charge is 2.36. The second kappa shape index (κ2) is 4.63. The first-order chi connectivity index (χ1) is 7.74. The maximum atomic E-state index is 13.4. The van der Waals surface area contributed by atoms with Gasteiger partial charge in [-0.25, -0.2) is 9.37 Å². The molecule has 1 aromatic rings. The van der Waals surface area contributed by atoms with Gasteiger partial charge in [-0.15, -0.1) is 0 Å². The SMILES string of the molecule is CCNc1ncc(F)c(NC2CC2CC)n1. The molecule has 2 atom stereocenters. The molecule has 0 aliphatic heterocycles. The van der Waals surface area contributed by atoms with Crippen molar-refractivity contribution < 1.29 is 4.39 Å². The Morgan fingerprint density at radius 2 is 2.31 bits per heavy atom. The second-order valence-electron chi connectivity index (χ2n) is 4.08. The number of anilines is 2. The Labute approximate surface area is 94.7 Å². The fourth-order valence-corrected chi connectivity index (χ4v) is 1.76. The van der Waals surface area contributed by atoms with Gasteiger partial charge in [0.25, 0.3) is 0 Å². The number of nitrogens with zero attached hydrogens (tertiary/aromatic N) is 2. The number of halogens is 1. The quantitative estimate of drug-likeness (QED) is 0.805. The predicted molar refractivity (Wildman–Crippen MR) is 62.0 cm³/mol. The summed E-state index contributed by atoms with van der Waals surface area (Å²) < 4.78 is 13.4. The van der Waals surface area contributed by atoms with Gasteiger partial charge in [0.15, 0.2) is 11.6 Å². The van der Waals surface area contributed by atoms with Crippen molar-refractivity contribution in [2.75, 3.05) is 17.2 Å². The highest BCUT2D eigenvalue weighted by molar-refractivity contribution is 5.43. The van der Waals surface area contributed by atoms with Crippen molar-refractivity contribution >= 4 is 11.8 Å². The minimum absolute atomic E-state index is 0.312. The Hall–Kier alpha value is -1.39. The highest BCUT2D eigenvalue weighted by atomic mass is 19.1.